The quantitative estimate of drug-likeness (QED) is 0.105. The van der Waals surface area contributed by atoms with Crippen LogP contribution in [-0.4, -0.2) is 65.9 Å². The van der Waals surface area contributed by atoms with Crippen LogP contribution in [0.5, 0.6) is 11.5 Å². The Hall–Kier alpha value is -5.20. The van der Waals surface area contributed by atoms with Crippen LogP contribution in [0.25, 0.3) is 11.1 Å². The van der Waals surface area contributed by atoms with Crippen LogP contribution in [0.2, 0.25) is 0 Å². The molecule has 0 aliphatic rings. The zero-order valence-electron chi connectivity index (χ0n) is 30.1. The van der Waals surface area contributed by atoms with Crippen LogP contribution >= 0.6 is 0 Å². The Balaban J connectivity index is 1.99. The number of rotatable bonds is 19. The molecule has 2 atom stereocenters. The van der Waals surface area contributed by atoms with Gasteiger partial charge in [0.15, 0.2) is 12.4 Å². The molecule has 276 valence electrons. The molecule has 0 spiro atoms. The van der Waals surface area contributed by atoms with Crippen molar-refractivity contribution in [3.63, 3.8) is 0 Å². The molecule has 0 saturated carbocycles. The largest absolute Gasteiger partial charge is 0.486 e. The fourth-order valence-corrected chi connectivity index (χ4v) is 5.24. The second-order valence-electron chi connectivity index (χ2n) is 13.5. The highest BCUT2D eigenvalue weighted by Gasteiger charge is 2.31. The summed E-state index contributed by atoms with van der Waals surface area (Å²) in [5.41, 5.74) is -1.19. The summed E-state index contributed by atoms with van der Waals surface area (Å²) >= 11 is 0. The molecule has 0 radical (unpaired) electrons. The lowest BCUT2D eigenvalue weighted by molar-refractivity contribution is -0.139. The summed E-state index contributed by atoms with van der Waals surface area (Å²) in [5.74, 6) is -2.50. The number of ether oxygens (including phenoxy) is 3. The van der Waals surface area contributed by atoms with Gasteiger partial charge < -0.3 is 35.3 Å². The lowest BCUT2D eigenvalue weighted by atomic mass is 9.94. The molecule has 0 bridgehead atoms. The smallest absolute Gasteiger partial charge is 0.408 e. The fourth-order valence-electron chi connectivity index (χ4n) is 5.24. The molecule has 3 rings (SSSR count). The third kappa shape index (κ3) is 12.6. The first kappa shape index (κ1) is 40.2. The molecule has 0 aliphatic carbocycles. The summed E-state index contributed by atoms with van der Waals surface area (Å²) in [5, 5.41) is 17.6. The molecule has 0 unspecified atom stereocenters. The van der Waals surface area contributed by atoms with E-state index in [1.54, 1.807) is 40.7 Å². The summed E-state index contributed by atoms with van der Waals surface area (Å²) in [6.45, 7) is 10.2. The van der Waals surface area contributed by atoms with Gasteiger partial charge in [0, 0.05) is 24.9 Å². The Labute approximate surface area is 297 Å². The molecule has 0 aliphatic heterocycles. The van der Waals surface area contributed by atoms with Gasteiger partial charge in [-0.2, -0.15) is 0 Å². The second kappa shape index (κ2) is 18.7. The van der Waals surface area contributed by atoms with E-state index >= 15 is 0 Å². The van der Waals surface area contributed by atoms with Crippen LogP contribution in [0.3, 0.4) is 0 Å². The number of hydrogen-bond donors (Lipinski definition) is 4. The zero-order chi connectivity index (χ0) is 37.7. The van der Waals surface area contributed by atoms with Crippen LogP contribution in [0.4, 0.5) is 4.79 Å². The molecule has 13 heteroatoms. The molecule has 3 aromatic carbocycles. The van der Waals surface area contributed by atoms with E-state index in [4.69, 9.17) is 14.2 Å². The van der Waals surface area contributed by atoms with Crippen LogP contribution in [0, 0.1) is 0 Å². The van der Waals surface area contributed by atoms with Gasteiger partial charge in [0.25, 0.3) is 5.43 Å². The Morgan fingerprint density at radius 1 is 0.824 bits per heavy atom. The first-order valence-corrected chi connectivity index (χ1v) is 17.2. The summed E-state index contributed by atoms with van der Waals surface area (Å²) in [6, 6.07) is 11.3. The lowest BCUT2D eigenvalue weighted by Gasteiger charge is -2.26. The molecule has 0 heterocycles. The summed E-state index contributed by atoms with van der Waals surface area (Å²) in [7, 11) is 0. The SMILES string of the molecule is CCCCCCNC(=O)[C@H](Cc1ccc(OCC(=O)O)c(-c2c(OC(C)C)c(=O)c2=O)c1)NC(=O)[C@H](Cc1ccccc1)NC(=O)OC(C)(C)C. The average Bonchev–Trinajstić information content (AvgIpc) is 3.06. The van der Waals surface area contributed by atoms with Gasteiger partial charge in [-0.15, -0.1) is 0 Å². The van der Waals surface area contributed by atoms with E-state index in [0.717, 1.165) is 31.2 Å². The number of benzene rings is 2. The van der Waals surface area contributed by atoms with Crippen LogP contribution in [-0.2, 0) is 32.0 Å². The molecule has 51 heavy (non-hydrogen) atoms. The van der Waals surface area contributed by atoms with Crippen molar-refractivity contribution in [2.75, 3.05) is 13.2 Å². The maximum Gasteiger partial charge on any atom is 0.408 e. The number of nitrogens with one attached hydrogen (secondary N) is 3. The van der Waals surface area contributed by atoms with Gasteiger partial charge in [-0.3, -0.25) is 19.2 Å². The number of hydrogen-bond acceptors (Lipinski definition) is 9. The highest BCUT2D eigenvalue weighted by atomic mass is 16.6. The van der Waals surface area contributed by atoms with E-state index in [1.165, 1.54) is 12.1 Å². The molecule has 3 amide bonds. The predicted octanol–water partition coefficient (Wildman–Crippen LogP) is 4.06. The lowest BCUT2D eigenvalue weighted by Crippen LogP contribution is -2.55. The molecule has 4 N–H and O–H groups in total. The molecule has 3 aromatic rings. The van der Waals surface area contributed by atoms with Gasteiger partial charge in [-0.1, -0.05) is 62.6 Å². The second-order valence-corrected chi connectivity index (χ2v) is 13.5. The Bertz CT molecular complexity index is 1720. The van der Waals surface area contributed by atoms with Crippen molar-refractivity contribution in [2.24, 2.45) is 0 Å². The number of unbranched alkanes of at least 4 members (excludes halogenated alkanes) is 3. The minimum atomic E-state index is -1.25. The first-order chi connectivity index (χ1) is 24.1. The normalized spacial score (nSPS) is 12.5. The van der Waals surface area contributed by atoms with E-state index in [1.807, 2.05) is 30.3 Å². The zero-order valence-corrected chi connectivity index (χ0v) is 30.1. The molecule has 0 fully saturated rings. The number of alkyl carbamates (subject to hydrolysis) is 1. The van der Waals surface area contributed by atoms with E-state index in [0.29, 0.717) is 12.1 Å². The van der Waals surface area contributed by atoms with Gasteiger partial charge in [0.1, 0.15) is 23.4 Å². The van der Waals surface area contributed by atoms with Gasteiger partial charge >= 0.3 is 12.1 Å². The first-order valence-electron chi connectivity index (χ1n) is 17.2. The number of aliphatic carboxylic acids is 1. The van der Waals surface area contributed by atoms with Crippen molar-refractivity contribution in [3.05, 3.63) is 80.1 Å². The molecular weight excluding hydrogens is 658 g/mol. The van der Waals surface area contributed by atoms with E-state index < -0.39 is 65.1 Å². The Morgan fingerprint density at radius 3 is 2.12 bits per heavy atom. The number of carbonyl (C=O) groups excluding carboxylic acids is 3. The third-order valence-electron chi connectivity index (χ3n) is 7.58. The van der Waals surface area contributed by atoms with Crippen molar-refractivity contribution >= 4 is 23.9 Å². The fraction of sp³-hybridized carbons (Fsp3) is 0.474. The van der Waals surface area contributed by atoms with Gasteiger partial charge in [-0.25, -0.2) is 9.59 Å². The minimum absolute atomic E-state index is 0.0207. The highest BCUT2D eigenvalue weighted by Crippen LogP contribution is 2.35. The van der Waals surface area contributed by atoms with Crippen molar-refractivity contribution in [1.29, 1.82) is 0 Å². The number of carboxylic acid groups (broad SMARTS) is 1. The molecular formula is C38H49N3O10. The van der Waals surface area contributed by atoms with Crippen LogP contribution < -0.4 is 36.3 Å². The van der Waals surface area contributed by atoms with Crippen LogP contribution in [0.15, 0.2) is 58.1 Å². The van der Waals surface area contributed by atoms with Gasteiger partial charge in [0.2, 0.25) is 17.2 Å². The summed E-state index contributed by atoms with van der Waals surface area (Å²) in [6.07, 6.45) is 2.48. The molecule has 0 saturated heterocycles. The topological polar surface area (TPSA) is 186 Å². The van der Waals surface area contributed by atoms with Crippen molar-refractivity contribution < 1.29 is 38.5 Å². The Morgan fingerprint density at radius 2 is 1.49 bits per heavy atom. The number of amides is 3. The molecule has 0 aromatic heterocycles. The van der Waals surface area contributed by atoms with E-state index in [2.05, 4.69) is 22.9 Å². The van der Waals surface area contributed by atoms with Crippen molar-refractivity contribution in [2.45, 2.75) is 104 Å². The standard InChI is InChI=1S/C38H49N3O10/c1-7-8-9-13-18-39-35(46)27(40-36(47)28(20-24-14-11-10-12-15-24)41-37(48)51-38(4,5)6)21-25-16-17-29(49-22-30(42)43)26(19-25)31-32(44)33(45)34(31)50-23(2)3/h10-12,14-17,19,23,27-28H,7-9,13,18,20-22H2,1-6H3,(H,39,46)(H,40,47)(H,41,48)(H,42,43)/t27-,28-/m0/s1. The highest BCUT2D eigenvalue weighted by molar-refractivity contribution is 5.92. The number of carbonyl (C=O) groups is 4. The maximum atomic E-state index is 13.9. The summed E-state index contributed by atoms with van der Waals surface area (Å²) in [4.78, 5) is 76.9. The minimum Gasteiger partial charge on any atom is -0.486 e. The number of carboxylic acids is 1. The maximum absolute atomic E-state index is 13.9. The molecule has 13 nitrogen and oxygen atoms in total. The average molecular weight is 708 g/mol. The Kier molecular flexibility index (Phi) is 14.7. The van der Waals surface area contributed by atoms with E-state index in [9.17, 15) is 33.9 Å². The monoisotopic (exact) mass is 707 g/mol. The van der Waals surface area contributed by atoms with Crippen molar-refractivity contribution in [1.82, 2.24) is 16.0 Å². The van der Waals surface area contributed by atoms with Crippen LogP contribution in [0.1, 0.15) is 78.4 Å². The predicted molar refractivity (Wildman–Crippen MR) is 192 cm³/mol. The summed E-state index contributed by atoms with van der Waals surface area (Å²) < 4.78 is 16.5. The third-order valence-corrected chi connectivity index (χ3v) is 7.58. The van der Waals surface area contributed by atoms with Gasteiger partial charge in [-0.05, 0) is 64.3 Å². The van der Waals surface area contributed by atoms with Gasteiger partial charge in [0.05, 0.1) is 11.7 Å². The van der Waals surface area contributed by atoms with Crippen molar-refractivity contribution in [3.8, 4) is 22.6 Å². The van der Waals surface area contributed by atoms with E-state index in [-0.39, 0.29) is 35.5 Å².